The molecule has 0 saturated heterocycles. The van der Waals surface area contributed by atoms with Gasteiger partial charge in [0.1, 0.15) is 5.82 Å². The fourth-order valence-corrected chi connectivity index (χ4v) is 3.21. The van der Waals surface area contributed by atoms with Crippen molar-refractivity contribution < 1.29 is 4.79 Å². The molecule has 2 N–H and O–H groups in total. The van der Waals surface area contributed by atoms with Crippen LogP contribution in [0.25, 0.3) is 10.8 Å². The number of carbonyl (C=O) groups excluding carboxylic acids is 1. The van der Waals surface area contributed by atoms with E-state index >= 15 is 0 Å². The molecule has 128 valence electrons. The van der Waals surface area contributed by atoms with E-state index in [-0.39, 0.29) is 23.7 Å². The molecule has 0 bridgehead atoms. The lowest BCUT2D eigenvalue weighted by atomic mass is 10.1. The van der Waals surface area contributed by atoms with Crippen LogP contribution in [0.15, 0.2) is 29.1 Å². The molecule has 2 aromatic heterocycles. The summed E-state index contributed by atoms with van der Waals surface area (Å²) >= 11 is 0. The molecule has 25 heavy (non-hydrogen) atoms. The number of nitrogens with zero attached hydrogens (tertiary/aromatic N) is 4. The molecule has 0 atom stereocenters. The highest BCUT2D eigenvalue weighted by Crippen LogP contribution is 2.15. The van der Waals surface area contributed by atoms with Crippen LogP contribution in [0.3, 0.4) is 0 Å². The number of nitrogens with one attached hydrogen (secondary N) is 2. The Labute approximate surface area is 143 Å². The van der Waals surface area contributed by atoms with Gasteiger partial charge < -0.3 is 9.88 Å². The average molecular weight is 338 g/mol. The first kappa shape index (κ1) is 15.5. The van der Waals surface area contributed by atoms with Crippen LogP contribution in [0.2, 0.25) is 0 Å². The zero-order valence-electron chi connectivity index (χ0n) is 13.7. The standard InChI is InChI=1S/C17H18N6O2/c24-16-12-7-4-3-6-11(12)15(21-22-16)17(25)18-10-14-20-19-13-8-2-1-5-9-23(13)14/h3-4,6-7H,1-2,5,8-10H2,(H,18,25)(H,22,24). The summed E-state index contributed by atoms with van der Waals surface area (Å²) in [5.74, 6) is 1.38. The van der Waals surface area contributed by atoms with Crippen LogP contribution in [0, 0.1) is 0 Å². The number of benzene rings is 1. The van der Waals surface area contributed by atoms with Gasteiger partial charge >= 0.3 is 0 Å². The van der Waals surface area contributed by atoms with Gasteiger partial charge in [-0.3, -0.25) is 9.59 Å². The number of aromatic amines is 1. The topological polar surface area (TPSA) is 106 Å². The molecule has 0 spiro atoms. The number of aromatic nitrogens is 5. The van der Waals surface area contributed by atoms with Crippen molar-refractivity contribution >= 4 is 16.7 Å². The maximum atomic E-state index is 12.5. The molecule has 3 aromatic rings. The Morgan fingerprint density at radius 1 is 1.16 bits per heavy atom. The Kier molecular flexibility index (Phi) is 4.01. The second-order valence-corrected chi connectivity index (χ2v) is 6.12. The lowest BCUT2D eigenvalue weighted by molar-refractivity contribution is 0.0945. The van der Waals surface area contributed by atoms with Crippen molar-refractivity contribution in [1.29, 1.82) is 0 Å². The predicted molar refractivity (Wildman–Crippen MR) is 91.1 cm³/mol. The third-order valence-corrected chi connectivity index (χ3v) is 4.50. The minimum atomic E-state index is -0.349. The summed E-state index contributed by atoms with van der Waals surface area (Å²) in [7, 11) is 0. The van der Waals surface area contributed by atoms with E-state index in [1.165, 1.54) is 6.42 Å². The van der Waals surface area contributed by atoms with Crippen LogP contribution in [0.4, 0.5) is 0 Å². The van der Waals surface area contributed by atoms with Crippen LogP contribution in [0.5, 0.6) is 0 Å². The van der Waals surface area contributed by atoms with Gasteiger partial charge in [-0.1, -0.05) is 24.6 Å². The van der Waals surface area contributed by atoms with Gasteiger partial charge in [-0.2, -0.15) is 5.10 Å². The molecule has 0 saturated carbocycles. The van der Waals surface area contributed by atoms with Gasteiger partial charge in [0.2, 0.25) is 0 Å². The number of aryl methyl sites for hydroxylation is 1. The van der Waals surface area contributed by atoms with E-state index in [1.807, 2.05) is 0 Å². The zero-order chi connectivity index (χ0) is 17.2. The molecule has 0 fully saturated rings. The minimum Gasteiger partial charge on any atom is -0.343 e. The Morgan fingerprint density at radius 2 is 2.00 bits per heavy atom. The van der Waals surface area contributed by atoms with E-state index in [2.05, 4.69) is 30.3 Å². The van der Waals surface area contributed by atoms with Gasteiger partial charge in [0.15, 0.2) is 11.5 Å². The van der Waals surface area contributed by atoms with Gasteiger partial charge in [-0.15, -0.1) is 10.2 Å². The molecular formula is C17H18N6O2. The molecule has 1 aromatic carbocycles. The van der Waals surface area contributed by atoms with Crippen molar-refractivity contribution in [1.82, 2.24) is 30.3 Å². The maximum absolute atomic E-state index is 12.5. The normalized spacial score (nSPS) is 14.1. The van der Waals surface area contributed by atoms with Crippen molar-refractivity contribution in [3.05, 3.63) is 52.0 Å². The SMILES string of the molecule is O=C(NCc1nnc2n1CCCCC2)c1n[nH]c(=O)c2ccccc12. The number of hydrogen-bond donors (Lipinski definition) is 2. The van der Waals surface area contributed by atoms with E-state index in [0.717, 1.165) is 37.5 Å². The monoisotopic (exact) mass is 338 g/mol. The fourth-order valence-electron chi connectivity index (χ4n) is 3.21. The zero-order valence-corrected chi connectivity index (χ0v) is 13.7. The van der Waals surface area contributed by atoms with Gasteiger partial charge in [0.25, 0.3) is 11.5 Å². The van der Waals surface area contributed by atoms with E-state index in [0.29, 0.717) is 10.8 Å². The third kappa shape index (κ3) is 2.90. The number of hydrogen-bond acceptors (Lipinski definition) is 5. The van der Waals surface area contributed by atoms with Crippen molar-refractivity contribution in [2.24, 2.45) is 0 Å². The first-order valence-electron chi connectivity index (χ1n) is 8.40. The van der Waals surface area contributed by atoms with Gasteiger partial charge in [0, 0.05) is 18.4 Å². The molecule has 8 heteroatoms. The summed E-state index contributed by atoms with van der Waals surface area (Å²) in [6, 6.07) is 6.92. The first-order valence-corrected chi connectivity index (χ1v) is 8.40. The summed E-state index contributed by atoms with van der Waals surface area (Å²) in [6.07, 6.45) is 4.32. The van der Waals surface area contributed by atoms with Gasteiger partial charge in [-0.05, 0) is 18.9 Å². The molecular weight excluding hydrogens is 320 g/mol. The highest BCUT2D eigenvalue weighted by atomic mass is 16.2. The Balaban J connectivity index is 1.57. The van der Waals surface area contributed by atoms with Crippen molar-refractivity contribution in [3.8, 4) is 0 Å². The number of rotatable bonds is 3. The van der Waals surface area contributed by atoms with Crippen LogP contribution in [0.1, 0.15) is 41.4 Å². The second kappa shape index (κ2) is 6.46. The molecule has 0 radical (unpaired) electrons. The molecule has 1 aliphatic rings. The first-order chi connectivity index (χ1) is 12.2. The molecule has 1 aliphatic heterocycles. The van der Waals surface area contributed by atoms with Crippen molar-refractivity contribution in [2.75, 3.05) is 0 Å². The third-order valence-electron chi connectivity index (χ3n) is 4.50. The Bertz CT molecular complexity index is 990. The van der Waals surface area contributed by atoms with E-state index in [9.17, 15) is 9.59 Å². The molecule has 3 heterocycles. The molecule has 0 unspecified atom stereocenters. The maximum Gasteiger partial charge on any atom is 0.272 e. The highest BCUT2D eigenvalue weighted by molar-refractivity contribution is 6.04. The number of amides is 1. The smallest absolute Gasteiger partial charge is 0.272 e. The lowest BCUT2D eigenvalue weighted by Gasteiger charge is -2.09. The summed E-state index contributed by atoms with van der Waals surface area (Å²) < 4.78 is 2.09. The minimum absolute atomic E-state index is 0.200. The summed E-state index contributed by atoms with van der Waals surface area (Å²) in [5, 5.41) is 18.5. The molecule has 1 amide bonds. The average Bonchev–Trinajstić information content (AvgIpc) is 2.86. The van der Waals surface area contributed by atoms with Crippen LogP contribution >= 0.6 is 0 Å². The van der Waals surface area contributed by atoms with E-state index in [1.54, 1.807) is 24.3 Å². The lowest BCUT2D eigenvalue weighted by Crippen LogP contribution is -2.27. The number of fused-ring (bicyclic) bond motifs is 2. The molecule has 4 rings (SSSR count). The summed E-state index contributed by atoms with van der Waals surface area (Å²) in [6.45, 7) is 1.16. The second-order valence-electron chi connectivity index (χ2n) is 6.12. The number of carbonyl (C=O) groups is 1. The van der Waals surface area contributed by atoms with Crippen LogP contribution in [-0.4, -0.2) is 30.9 Å². The quantitative estimate of drug-likeness (QED) is 0.746. The predicted octanol–water partition coefficient (Wildman–Crippen LogP) is 1.17. The van der Waals surface area contributed by atoms with Gasteiger partial charge in [0.05, 0.1) is 11.9 Å². The summed E-state index contributed by atoms with van der Waals surface area (Å²) in [4.78, 5) is 24.4. The Morgan fingerprint density at radius 3 is 2.88 bits per heavy atom. The fraction of sp³-hybridized carbons (Fsp3) is 0.353. The molecule has 8 nitrogen and oxygen atoms in total. The van der Waals surface area contributed by atoms with E-state index in [4.69, 9.17) is 0 Å². The summed E-state index contributed by atoms with van der Waals surface area (Å²) in [5.41, 5.74) is -0.110. The highest BCUT2D eigenvalue weighted by Gasteiger charge is 2.17. The Hall–Kier alpha value is -3.03. The van der Waals surface area contributed by atoms with E-state index < -0.39 is 0 Å². The largest absolute Gasteiger partial charge is 0.343 e. The van der Waals surface area contributed by atoms with Gasteiger partial charge in [-0.25, -0.2) is 5.10 Å². The molecule has 0 aliphatic carbocycles. The van der Waals surface area contributed by atoms with Crippen molar-refractivity contribution in [3.63, 3.8) is 0 Å². The van der Waals surface area contributed by atoms with Crippen LogP contribution < -0.4 is 10.9 Å². The van der Waals surface area contributed by atoms with Crippen molar-refractivity contribution in [2.45, 2.75) is 38.8 Å². The number of H-pyrrole nitrogens is 1. The van der Waals surface area contributed by atoms with Crippen LogP contribution in [-0.2, 0) is 19.5 Å².